The molecule has 0 amide bonds. The first-order chi connectivity index (χ1) is 23.7. The van der Waals surface area contributed by atoms with Crippen molar-refractivity contribution in [3.05, 3.63) is 158 Å². The number of hydrogen-bond donors (Lipinski definition) is 0. The quantitative estimate of drug-likeness (QED) is 0.186. The topological polar surface area (TPSA) is 29.3 Å². The van der Waals surface area contributed by atoms with E-state index in [-0.39, 0.29) is 0 Å². The lowest BCUT2D eigenvalue weighted by Gasteiger charge is -2.26. The van der Waals surface area contributed by atoms with Crippen LogP contribution in [0.25, 0.3) is 74.0 Å². The highest BCUT2D eigenvalue weighted by atomic mass is 32.1. The molecule has 10 rings (SSSR count). The van der Waals surface area contributed by atoms with E-state index < -0.39 is 0 Å². The van der Waals surface area contributed by atoms with Gasteiger partial charge in [0, 0.05) is 63.0 Å². The van der Waals surface area contributed by atoms with E-state index in [1.165, 1.54) is 51.5 Å². The van der Waals surface area contributed by atoms with Gasteiger partial charge in [0.1, 0.15) is 5.52 Å². The van der Waals surface area contributed by atoms with Gasteiger partial charge in [0.2, 0.25) is 5.89 Å². The summed E-state index contributed by atoms with van der Waals surface area (Å²) in [5.74, 6) is 0.652. The van der Waals surface area contributed by atoms with Gasteiger partial charge in [-0.1, -0.05) is 91.0 Å². The molecule has 0 atom stereocenters. The number of oxazole rings is 1. The van der Waals surface area contributed by atoms with Gasteiger partial charge in [-0.25, -0.2) is 4.98 Å². The molecule has 0 bridgehead atoms. The third-order valence-corrected chi connectivity index (χ3v) is 11.3. The fourth-order valence-corrected chi connectivity index (χ4v) is 9.06. The van der Waals surface area contributed by atoms with E-state index in [0.29, 0.717) is 5.89 Å². The number of rotatable bonds is 5. The second-order valence-electron chi connectivity index (χ2n) is 12.0. The van der Waals surface area contributed by atoms with Crippen molar-refractivity contribution in [3.8, 4) is 22.6 Å². The molecule has 48 heavy (non-hydrogen) atoms. The van der Waals surface area contributed by atoms with Crippen LogP contribution in [-0.4, -0.2) is 4.98 Å². The van der Waals surface area contributed by atoms with Crippen LogP contribution in [-0.2, 0) is 0 Å². The number of hydrogen-bond acceptors (Lipinski definition) is 5. The zero-order chi connectivity index (χ0) is 31.6. The number of benzene rings is 7. The van der Waals surface area contributed by atoms with Gasteiger partial charge in [-0.05, 0) is 77.9 Å². The summed E-state index contributed by atoms with van der Waals surface area (Å²) in [6, 6.07) is 56.2. The van der Waals surface area contributed by atoms with Crippen molar-refractivity contribution >= 4 is 91.2 Å². The van der Waals surface area contributed by atoms with E-state index in [4.69, 9.17) is 9.40 Å². The minimum atomic E-state index is 0.652. The molecule has 226 valence electrons. The second kappa shape index (κ2) is 10.9. The Morgan fingerprint density at radius 2 is 0.958 bits per heavy atom. The zero-order valence-corrected chi connectivity index (χ0v) is 27.3. The Labute approximate surface area is 284 Å². The van der Waals surface area contributed by atoms with E-state index in [1.807, 2.05) is 41.7 Å². The van der Waals surface area contributed by atoms with Crippen molar-refractivity contribution in [3.63, 3.8) is 0 Å². The van der Waals surface area contributed by atoms with Crippen LogP contribution >= 0.6 is 22.7 Å². The summed E-state index contributed by atoms with van der Waals surface area (Å²) >= 11 is 3.65. The van der Waals surface area contributed by atoms with Crippen molar-refractivity contribution in [2.45, 2.75) is 0 Å². The molecule has 0 fully saturated rings. The highest BCUT2D eigenvalue weighted by Crippen LogP contribution is 2.44. The third kappa shape index (κ3) is 4.51. The van der Waals surface area contributed by atoms with Crippen LogP contribution in [0, 0.1) is 0 Å². The Balaban J connectivity index is 1.11. The Morgan fingerprint density at radius 3 is 1.69 bits per heavy atom. The number of anilines is 3. The van der Waals surface area contributed by atoms with Crippen molar-refractivity contribution < 1.29 is 4.42 Å². The molecular formula is C43H26N2OS2. The molecule has 0 saturated carbocycles. The molecule has 0 aliphatic carbocycles. The lowest BCUT2D eigenvalue weighted by molar-refractivity contribution is 0.620. The molecule has 0 radical (unpaired) electrons. The smallest absolute Gasteiger partial charge is 0.227 e. The Kier molecular flexibility index (Phi) is 6.22. The van der Waals surface area contributed by atoms with Crippen molar-refractivity contribution in [1.29, 1.82) is 0 Å². The van der Waals surface area contributed by atoms with Crippen LogP contribution < -0.4 is 4.90 Å². The van der Waals surface area contributed by atoms with Gasteiger partial charge in [0.15, 0.2) is 5.58 Å². The minimum absolute atomic E-state index is 0.652. The summed E-state index contributed by atoms with van der Waals surface area (Å²) < 4.78 is 11.3. The van der Waals surface area contributed by atoms with Crippen LogP contribution in [0.4, 0.5) is 17.1 Å². The molecule has 0 spiro atoms. The number of aromatic nitrogens is 1. The zero-order valence-electron chi connectivity index (χ0n) is 25.6. The normalized spacial score (nSPS) is 11.8. The molecule has 7 aromatic carbocycles. The van der Waals surface area contributed by atoms with Gasteiger partial charge in [0.25, 0.3) is 0 Å². The van der Waals surface area contributed by atoms with Gasteiger partial charge in [-0.3, -0.25) is 0 Å². The molecule has 3 heterocycles. The van der Waals surface area contributed by atoms with Crippen molar-refractivity contribution in [2.75, 3.05) is 4.90 Å². The molecule has 0 N–H and O–H groups in total. The molecule has 0 unspecified atom stereocenters. The first-order valence-electron chi connectivity index (χ1n) is 15.9. The average molecular weight is 651 g/mol. The van der Waals surface area contributed by atoms with E-state index in [0.717, 1.165) is 33.7 Å². The van der Waals surface area contributed by atoms with Crippen LogP contribution in [0.2, 0.25) is 0 Å². The number of thiophene rings is 2. The monoisotopic (exact) mass is 650 g/mol. The third-order valence-electron chi connectivity index (χ3n) is 9.10. The van der Waals surface area contributed by atoms with E-state index in [2.05, 4.69) is 132 Å². The fraction of sp³-hybridized carbons (Fsp3) is 0. The van der Waals surface area contributed by atoms with Gasteiger partial charge >= 0.3 is 0 Å². The standard InChI is InChI=1S/C43H26N2OS2/c1-3-9-27(10-4-1)28-15-17-30(18-16-28)45(31-19-21-34-33-13-7-8-14-39(33)47-40(34)23-31)32-20-22-35-36-25-38-37(26-42(36)48-41(35)24-32)44-43(46-38)29-11-5-2-6-12-29/h1-26H. The Bertz CT molecular complexity index is 2780. The lowest BCUT2D eigenvalue weighted by Crippen LogP contribution is -2.09. The maximum atomic E-state index is 6.24. The summed E-state index contributed by atoms with van der Waals surface area (Å²) in [5.41, 5.74) is 8.46. The lowest BCUT2D eigenvalue weighted by atomic mass is 10.0. The van der Waals surface area contributed by atoms with Gasteiger partial charge in [-0.2, -0.15) is 0 Å². The van der Waals surface area contributed by atoms with Crippen molar-refractivity contribution in [2.24, 2.45) is 0 Å². The van der Waals surface area contributed by atoms with Crippen LogP contribution in [0.1, 0.15) is 0 Å². The fourth-order valence-electron chi connectivity index (χ4n) is 6.76. The molecule has 10 aromatic rings. The van der Waals surface area contributed by atoms with Crippen molar-refractivity contribution in [1.82, 2.24) is 4.98 Å². The molecule has 3 aromatic heterocycles. The Morgan fingerprint density at radius 1 is 0.417 bits per heavy atom. The average Bonchev–Trinajstić information content (AvgIpc) is 3.84. The maximum Gasteiger partial charge on any atom is 0.227 e. The molecule has 5 heteroatoms. The molecular weight excluding hydrogens is 625 g/mol. The van der Waals surface area contributed by atoms with Gasteiger partial charge in [0.05, 0.1) is 0 Å². The van der Waals surface area contributed by atoms with Gasteiger partial charge < -0.3 is 9.32 Å². The molecule has 0 aliphatic heterocycles. The summed E-state index contributed by atoms with van der Waals surface area (Å²) in [4.78, 5) is 7.21. The largest absolute Gasteiger partial charge is 0.436 e. The van der Waals surface area contributed by atoms with E-state index >= 15 is 0 Å². The summed E-state index contributed by atoms with van der Waals surface area (Å²) in [5, 5.41) is 5.02. The Hall–Kier alpha value is -5.75. The number of nitrogens with zero attached hydrogens (tertiary/aromatic N) is 2. The van der Waals surface area contributed by atoms with E-state index in [9.17, 15) is 0 Å². The summed E-state index contributed by atoms with van der Waals surface area (Å²) in [6.07, 6.45) is 0. The maximum absolute atomic E-state index is 6.24. The predicted molar refractivity (Wildman–Crippen MR) is 205 cm³/mol. The molecule has 0 saturated heterocycles. The molecule has 3 nitrogen and oxygen atoms in total. The van der Waals surface area contributed by atoms with Crippen LogP contribution in [0.15, 0.2) is 162 Å². The molecule has 0 aliphatic rings. The minimum Gasteiger partial charge on any atom is -0.436 e. The highest BCUT2D eigenvalue weighted by Gasteiger charge is 2.18. The first-order valence-corrected chi connectivity index (χ1v) is 17.6. The summed E-state index contributed by atoms with van der Waals surface area (Å²) in [6.45, 7) is 0. The summed E-state index contributed by atoms with van der Waals surface area (Å²) in [7, 11) is 0. The first kappa shape index (κ1) is 27.4. The van der Waals surface area contributed by atoms with Gasteiger partial charge in [-0.15, -0.1) is 22.7 Å². The second-order valence-corrected chi connectivity index (χ2v) is 14.2. The van der Waals surface area contributed by atoms with E-state index in [1.54, 1.807) is 11.3 Å². The highest BCUT2D eigenvalue weighted by molar-refractivity contribution is 7.26. The van der Waals surface area contributed by atoms with Crippen LogP contribution in [0.5, 0.6) is 0 Å². The number of fused-ring (bicyclic) bond motifs is 7. The predicted octanol–water partition coefficient (Wildman–Crippen LogP) is 13.4. The SMILES string of the molecule is c1ccc(-c2ccc(N(c3ccc4c(c3)sc3ccccc34)c3ccc4c(c3)sc3cc5nc(-c6ccccc6)oc5cc34)cc2)cc1. The van der Waals surface area contributed by atoms with Crippen LogP contribution in [0.3, 0.4) is 0 Å².